The Morgan fingerprint density at radius 2 is 0.639 bits per heavy atom. The number of aliphatic hydroxyl groups excluding tert-OH is 2. The molecule has 0 fully saturated rings. The Morgan fingerprint density at radius 3 is 0.944 bits per heavy atom. The number of hydrogen-bond donors (Lipinski definition) is 3. The van der Waals surface area contributed by atoms with Crippen molar-refractivity contribution < 1.29 is 24.5 Å². The van der Waals surface area contributed by atoms with Gasteiger partial charge in [-0.2, -0.15) is 0 Å². The van der Waals surface area contributed by atoms with Gasteiger partial charge in [-0.25, -0.2) is 0 Å². The Bertz CT molecular complexity index is 1080. The predicted molar refractivity (Wildman–Crippen MR) is 315 cm³/mol. The molecule has 72 heavy (non-hydrogen) atoms. The van der Waals surface area contributed by atoms with Crippen LogP contribution in [0.2, 0.25) is 0 Å². The number of carbonyl (C=O) groups is 2. The van der Waals surface area contributed by atoms with Crippen LogP contribution in [0, 0.1) is 0 Å². The molecule has 0 saturated heterocycles. The van der Waals surface area contributed by atoms with Crippen LogP contribution in [0.1, 0.15) is 373 Å². The summed E-state index contributed by atoms with van der Waals surface area (Å²) in [4.78, 5) is 24.5. The first-order chi connectivity index (χ1) is 35.5. The zero-order valence-corrected chi connectivity index (χ0v) is 48.9. The predicted octanol–water partition coefficient (Wildman–Crippen LogP) is 20.8. The summed E-state index contributed by atoms with van der Waals surface area (Å²) >= 11 is 0. The van der Waals surface area contributed by atoms with Crippen LogP contribution in [-0.4, -0.2) is 47.4 Å². The van der Waals surface area contributed by atoms with Gasteiger partial charge in [0.1, 0.15) is 0 Å². The third-order valence-electron chi connectivity index (χ3n) is 15.6. The van der Waals surface area contributed by atoms with Crippen LogP contribution in [-0.2, 0) is 14.3 Å². The van der Waals surface area contributed by atoms with E-state index in [4.69, 9.17) is 4.74 Å². The number of unbranched alkanes of at least 4 members (excludes halogenated alkanes) is 51. The highest BCUT2D eigenvalue weighted by molar-refractivity contribution is 5.76. The Morgan fingerprint density at radius 1 is 0.375 bits per heavy atom. The van der Waals surface area contributed by atoms with Gasteiger partial charge >= 0.3 is 5.97 Å². The van der Waals surface area contributed by atoms with E-state index >= 15 is 0 Å². The second-order valence-corrected chi connectivity index (χ2v) is 22.8. The summed E-state index contributed by atoms with van der Waals surface area (Å²) in [6.07, 6.45) is 75.6. The first-order valence-corrected chi connectivity index (χ1v) is 33.0. The molecule has 6 nitrogen and oxygen atoms in total. The van der Waals surface area contributed by atoms with E-state index in [-0.39, 0.29) is 18.5 Å². The lowest BCUT2D eigenvalue weighted by atomic mass is 10.0. The summed E-state index contributed by atoms with van der Waals surface area (Å²) in [6.45, 7) is 4.94. The van der Waals surface area contributed by atoms with Gasteiger partial charge < -0.3 is 20.3 Å². The first kappa shape index (κ1) is 70.6. The number of ether oxygens (including phenoxy) is 1. The zero-order valence-electron chi connectivity index (χ0n) is 48.9. The Labute approximate surface area is 450 Å². The second-order valence-electron chi connectivity index (χ2n) is 22.8. The van der Waals surface area contributed by atoms with Crippen LogP contribution < -0.4 is 5.32 Å². The van der Waals surface area contributed by atoms with E-state index in [1.54, 1.807) is 6.08 Å². The van der Waals surface area contributed by atoms with Crippen molar-refractivity contribution >= 4 is 11.9 Å². The van der Waals surface area contributed by atoms with Crippen molar-refractivity contribution in [3.63, 3.8) is 0 Å². The topological polar surface area (TPSA) is 95.9 Å². The van der Waals surface area contributed by atoms with Crippen LogP contribution in [0.15, 0.2) is 12.2 Å². The van der Waals surface area contributed by atoms with Crippen LogP contribution >= 0.6 is 0 Å². The molecular weight excluding hydrogens is 887 g/mol. The molecule has 3 N–H and O–H groups in total. The van der Waals surface area contributed by atoms with Gasteiger partial charge in [-0.15, -0.1) is 0 Å². The number of hydrogen-bond acceptors (Lipinski definition) is 5. The van der Waals surface area contributed by atoms with Crippen molar-refractivity contribution in [3.8, 4) is 0 Å². The van der Waals surface area contributed by atoms with Crippen molar-refractivity contribution in [1.29, 1.82) is 0 Å². The maximum Gasteiger partial charge on any atom is 0.305 e. The Kier molecular flexibility index (Phi) is 60.9. The molecule has 0 spiro atoms. The smallest absolute Gasteiger partial charge is 0.305 e. The van der Waals surface area contributed by atoms with E-state index in [0.29, 0.717) is 19.4 Å². The van der Waals surface area contributed by atoms with E-state index in [9.17, 15) is 19.8 Å². The highest BCUT2D eigenvalue weighted by Gasteiger charge is 2.18. The average Bonchev–Trinajstić information content (AvgIpc) is 3.38. The van der Waals surface area contributed by atoms with Crippen molar-refractivity contribution in [2.24, 2.45) is 0 Å². The van der Waals surface area contributed by atoms with Crippen molar-refractivity contribution in [2.45, 2.75) is 386 Å². The van der Waals surface area contributed by atoms with E-state index in [1.165, 1.54) is 308 Å². The number of aliphatic hydroxyl groups is 2. The molecule has 0 bridgehead atoms. The number of nitrogens with one attached hydrogen (secondary N) is 1. The number of amides is 1. The van der Waals surface area contributed by atoms with Crippen molar-refractivity contribution in [2.75, 3.05) is 13.2 Å². The lowest BCUT2D eigenvalue weighted by Gasteiger charge is -2.20. The largest absolute Gasteiger partial charge is 0.466 e. The minimum Gasteiger partial charge on any atom is -0.466 e. The van der Waals surface area contributed by atoms with Crippen molar-refractivity contribution in [1.82, 2.24) is 5.32 Å². The quantitative estimate of drug-likeness (QED) is 0.0320. The molecule has 6 heteroatoms. The fourth-order valence-corrected chi connectivity index (χ4v) is 10.5. The second kappa shape index (κ2) is 62.1. The van der Waals surface area contributed by atoms with Gasteiger partial charge in [-0.1, -0.05) is 341 Å². The molecule has 0 heterocycles. The van der Waals surface area contributed by atoms with Gasteiger partial charge in [0, 0.05) is 12.8 Å². The van der Waals surface area contributed by atoms with Crippen LogP contribution in [0.3, 0.4) is 0 Å². The Hall–Kier alpha value is -1.40. The summed E-state index contributed by atoms with van der Waals surface area (Å²) in [5, 5.41) is 23.1. The molecular formula is C66H129NO5. The van der Waals surface area contributed by atoms with Gasteiger partial charge in [-0.3, -0.25) is 9.59 Å². The van der Waals surface area contributed by atoms with E-state index < -0.39 is 12.1 Å². The first-order valence-electron chi connectivity index (χ1n) is 33.0. The molecule has 0 rings (SSSR count). The minimum absolute atomic E-state index is 0.0205. The fraction of sp³-hybridized carbons (Fsp3) is 0.939. The normalized spacial score (nSPS) is 12.6. The third-order valence-corrected chi connectivity index (χ3v) is 15.6. The highest BCUT2D eigenvalue weighted by Crippen LogP contribution is 2.19. The molecule has 0 aromatic heterocycles. The summed E-state index contributed by atoms with van der Waals surface area (Å²) in [5.74, 6) is -0.0431. The summed E-state index contributed by atoms with van der Waals surface area (Å²) in [7, 11) is 0. The summed E-state index contributed by atoms with van der Waals surface area (Å²) in [6, 6.07) is -0.625. The molecule has 2 unspecified atom stereocenters. The standard InChI is InChI=1S/C66H129NO5/c1-3-5-7-9-11-13-15-17-31-36-40-44-48-52-56-60-66(71)72-61-57-53-49-45-41-37-33-30-28-26-24-22-20-19-21-23-25-27-29-32-35-39-43-47-51-55-59-65(70)67-63(62-68)64(69)58-54-50-46-42-38-34-18-16-14-12-10-8-6-4-2/h54,58,63-64,68-69H,3-53,55-57,59-62H2,1-2H3,(H,67,70)/b58-54+. The average molecular weight is 1020 g/mol. The van der Waals surface area contributed by atoms with E-state index in [2.05, 4.69) is 19.2 Å². The van der Waals surface area contributed by atoms with Crippen LogP contribution in [0.25, 0.3) is 0 Å². The molecule has 0 aliphatic rings. The van der Waals surface area contributed by atoms with Crippen LogP contribution in [0.4, 0.5) is 0 Å². The van der Waals surface area contributed by atoms with Gasteiger partial charge in [0.05, 0.1) is 25.4 Å². The molecule has 2 atom stereocenters. The van der Waals surface area contributed by atoms with Gasteiger partial charge in [-0.05, 0) is 32.1 Å². The fourth-order valence-electron chi connectivity index (χ4n) is 10.5. The minimum atomic E-state index is -0.841. The van der Waals surface area contributed by atoms with Gasteiger partial charge in [0.2, 0.25) is 5.91 Å². The maximum absolute atomic E-state index is 12.5. The molecule has 0 aromatic rings. The summed E-state index contributed by atoms with van der Waals surface area (Å²) < 4.78 is 5.50. The third kappa shape index (κ3) is 57.9. The monoisotopic (exact) mass is 1020 g/mol. The SMILES string of the molecule is CCCCCCCCCCCCCC/C=C/C(O)C(CO)NC(=O)CCCCCCCCCCCCCCCCCCCCCCCCCCCCOC(=O)CCCCCCCCCCCCCCCCC. The molecule has 0 radical (unpaired) electrons. The lowest BCUT2D eigenvalue weighted by molar-refractivity contribution is -0.143. The molecule has 0 aliphatic heterocycles. The Balaban J connectivity index is 3.35. The van der Waals surface area contributed by atoms with E-state index in [0.717, 1.165) is 38.5 Å². The number of rotatable bonds is 62. The van der Waals surface area contributed by atoms with Gasteiger partial charge in [0.25, 0.3) is 0 Å². The van der Waals surface area contributed by atoms with Crippen molar-refractivity contribution in [3.05, 3.63) is 12.2 Å². The maximum atomic E-state index is 12.5. The molecule has 0 aliphatic carbocycles. The molecule has 0 saturated carbocycles. The number of esters is 1. The number of carbonyl (C=O) groups excluding carboxylic acids is 2. The molecule has 0 aromatic carbocycles. The molecule has 428 valence electrons. The molecule has 1 amide bonds. The van der Waals surface area contributed by atoms with E-state index in [1.807, 2.05) is 6.08 Å². The number of allylic oxidation sites excluding steroid dienone is 1. The highest BCUT2D eigenvalue weighted by atomic mass is 16.5. The summed E-state index contributed by atoms with van der Waals surface area (Å²) in [5.41, 5.74) is 0. The van der Waals surface area contributed by atoms with Gasteiger partial charge in [0.15, 0.2) is 0 Å². The lowest BCUT2D eigenvalue weighted by Crippen LogP contribution is -2.45. The van der Waals surface area contributed by atoms with Crippen LogP contribution in [0.5, 0.6) is 0 Å². The zero-order chi connectivity index (χ0) is 52.2.